The summed E-state index contributed by atoms with van der Waals surface area (Å²) in [5, 5.41) is 8.54. The molecule has 0 aliphatic heterocycles. The van der Waals surface area contributed by atoms with Crippen LogP contribution in [0, 0.1) is 0 Å². The average Bonchev–Trinajstić information content (AvgIpc) is 2.68. The predicted octanol–water partition coefficient (Wildman–Crippen LogP) is 4.11. The minimum atomic E-state index is -0.336. The number of rotatable bonds is 7. The van der Waals surface area contributed by atoms with E-state index >= 15 is 0 Å². The Kier molecular flexibility index (Phi) is 8.41. The van der Waals surface area contributed by atoms with Crippen LogP contribution in [0.4, 0.5) is 5.69 Å². The van der Waals surface area contributed by atoms with Crippen molar-refractivity contribution in [1.29, 1.82) is 0 Å². The van der Waals surface area contributed by atoms with E-state index < -0.39 is 0 Å². The quantitative estimate of drug-likeness (QED) is 0.538. The number of halogens is 1. The lowest BCUT2D eigenvalue weighted by Crippen LogP contribution is -2.34. The van der Waals surface area contributed by atoms with Crippen molar-refractivity contribution in [3.8, 4) is 5.75 Å². The molecule has 0 bridgehead atoms. The van der Waals surface area contributed by atoms with Crippen LogP contribution in [-0.4, -0.2) is 30.1 Å². The molecule has 2 aromatic rings. The maximum Gasteiger partial charge on any atom is 0.257 e. The lowest BCUT2D eigenvalue weighted by atomic mass is 10.2. The molecule has 6 nitrogen and oxygen atoms in total. The Bertz CT molecular complexity index is 856. The molecule has 0 unspecified atom stereocenters. The molecule has 0 radical (unpaired) electrons. The summed E-state index contributed by atoms with van der Waals surface area (Å²) in [4.78, 5) is 24.3. The number of amides is 2. The van der Waals surface area contributed by atoms with E-state index in [1.54, 1.807) is 42.5 Å². The van der Waals surface area contributed by atoms with Gasteiger partial charge in [0.1, 0.15) is 5.75 Å². The van der Waals surface area contributed by atoms with Gasteiger partial charge < -0.3 is 15.4 Å². The zero-order chi connectivity index (χ0) is 20.5. The summed E-state index contributed by atoms with van der Waals surface area (Å²) >= 11 is 8.58. The molecular formula is C20H22BrN3O3S. The van der Waals surface area contributed by atoms with E-state index in [1.165, 1.54) is 0 Å². The van der Waals surface area contributed by atoms with Crippen LogP contribution in [0.2, 0.25) is 0 Å². The maximum atomic E-state index is 12.4. The fraction of sp³-hybridized carbons (Fsp3) is 0.250. The van der Waals surface area contributed by atoms with Crippen LogP contribution in [0.15, 0.2) is 46.9 Å². The van der Waals surface area contributed by atoms with Gasteiger partial charge in [0.2, 0.25) is 0 Å². The van der Waals surface area contributed by atoms with Gasteiger partial charge in [-0.05, 0) is 84.0 Å². The van der Waals surface area contributed by atoms with Gasteiger partial charge in [-0.3, -0.25) is 14.9 Å². The zero-order valence-corrected chi connectivity index (χ0v) is 18.1. The predicted molar refractivity (Wildman–Crippen MR) is 118 cm³/mol. The van der Waals surface area contributed by atoms with Crippen molar-refractivity contribution in [3.05, 3.63) is 58.1 Å². The molecule has 28 heavy (non-hydrogen) atoms. The smallest absolute Gasteiger partial charge is 0.257 e. The fourth-order valence-corrected chi connectivity index (χ4v) is 3.00. The van der Waals surface area contributed by atoms with E-state index in [0.717, 1.165) is 6.42 Å². The Morgan fingerprint density at radius 2 is 1.71 bits per heavy atom. The van der Waals surface area contributed by atoms with Crippen LogP contribution in [-0.2, 0) is 0 Å². The van der Waals surface area contributed by atoms with Gasteiger partial charge in [-0.2, -0.15) is 0 Å². The number of hydrogen-bond donors (Lipinski definition) is 3. The Labute approximate surface area is 178 Å². The second-order valence-electron chi connectivity index (χ2n) is 5.82. The van der Waals surface area contributed by atoms with Crippen molar-refractivity contribution in [2.24, 2.45) is 0 Å². The summed E-state index contributed by atoms with van der Waals surface area (Å²) in [6.07, 6.45) is 0.879. The van der Waals surface area contributed by atoms with Crippen molar-refractivity contribution < 1.29 is 14.3 Å². The first-order chi connectivity index (χ1) is 13.4. The Morgan fingerprint density at radius 1 is 1.04 bits per heavy atom. The van der Waals surface area contributed by atoms with Gasteiger partial charge >= 0.3 is 0 Å². The Hall–Kier alpha value is -2.45. The normalized spacial score (nSPS) is 10.1. The molecule has 0 fully saturated rings. The third-order valence-corrected chi connectivity index (χ3v) is 4.49. The number of nitrogens with one attached hydrogen (secondary N) is 3. The number of ether oxygens (including phenoxy) is 1. The molecule has 8 heteroatoms. The third kappa shape index (κ3) is 6.31. The lowest BCUT2D eigenvalue weighted by Gasteiger charge is -2.11. The van der Waals surface area contributed by atoms with E-state index in [9.17, 15) is 9.59 Å². The second kappa shape index (κ2) is 10.8. The number of carbonyl (C=O) groups is 2. The first-order valence-electron chi connectivity index (χ1n) is 8.87. The summed E-state index contributed by atoms with van der Waals surface area (Å²) in [6, 6.07) is 11.9. The SMILES string of the molecule is CCCNC(=O)c1ccc(NC(=S)NC(=O)c2ccc(OCC)c(Br)c2)cc1. The van der Waals surface area contributed by atoms with E-state index in [1.807, 2.05) is 13.8 Å². The molecule has 3 N–H and O–H groups in total. The van der Waals surface area contributed by atoms with Crippen LogP contribution in [0.5, 0.6) is 5.75 Å². The van der Waals surface area contributed by atoms with Gasteiger partial charge in [0.05, 0.1) is 11.1 Å². The van der Waals surface area contributed by atoms with Gasteiger partial charge in [-0.1, -0.05) is 6.92 Å². The molecule has 0 aromatic heterocycles. The topological polar surface area (TPSA) is 79.5 Å². The maximum absolute atomic E-state index is 12.4. The number of carbonyl (C=O) groups excluding carboxylic acids is 2. The number of benzene rings is 2. The number of thiocarbonyl (C=S) groups is 1. The highest BCUT2D eigenvalue weighted by atomic mass is 79.9. The molecule has 2 amide bonds. The molecule has 2 rings (SSSR count). The highest BCUT2D eigenvalue weighted by Crippen LogP contribution is 2.26. The van der Waals surface area contributed by atoms with E-state index in [-0.39, 0.29) is 16.9 Å². The zero-order valence-electron chi connectivity index (χ0n) is 15.7. The van der Waals surface area contributed by atoms with E-state index in [0.29, 0.717) is 40.2 Å². The highest BCUT2D eigenvalue weighted by Gasteiger charge is 2.11. The van der Waals surface area contributed by atoms with Crippen LogP contribution in [0.3, 0.4) is 0 Å². The minimum absolute atomic E-state index is 0.120. The van der Waals surface area contributed by atoms with Crippen molar-refractivity contribution in [2.75, 3.05) is 18.5 Å². The van der Waals surface area contributed by atoms with Gasteiger partial charge in [0.25, 0.3) is 11.8 Å². The summed E-state index contributed by atoms with van der Waals surface area (Å²) < 4.78 is 6.13. The summed E-state index contributed by atoms with van der Waals surface area (Å²) in [6.45, 7) is 5.06. The molecule has 0 spiro atoms. The van der Waals surface area contributed by atoms with Gasteiger partial charge in [0.15, 0.2) is 5.11 Å². The fourth-order valence-electron chi connectivity index (χ4n) is 2.30. The van der Waals surface area contributed by atoms with Crippen LogP contribution >= 0.6 is 28.1 Å². The highest BCUT2D eigenvalue weighted by molar-refractivity contribution is 9.10. The van der Waals surface area contributed by atoms with Crippen LogP contribution < -0.4 is 20.7 Å². The van der Waals surface area contributed by atoms with Gasteiger partial charge in [-0.25, -0.2) is 0 Å². The van der Waals surface area contributed by atoms with Gasteiger partial charge in [0, 0.05) is 23.4 Å². The molecule has 0 saturated heterocycles. The van der Waals surface area contributed by atoms with Gasteiger partial charge in [-0.15, -0.1) is 0 Å². The van der Waals surface area contributed by atoms with Crippen molar-refractivity contribution in [1.82, 2.24) is 10.6 Å². The summed E-state index contributed by atoms with van der Waals surface area (Å²) in [5.41, 5.74) is 1.68. The molecule has 0 aliphatic rings. The Balaban J connectivity index is 1.93. The molecule has 0 atom stereocenters. The van der Waals surface area contributed by atoms with E-state index in [4.69, 9.17) is 17.0 Å². The Morgan fingerprint density at radius 3 is 2.32 bits per heavy atom. The van der Waals surface area contributed by atoms with Crippen molar-refractivity contribution in [2.45, 2.75) is 20.3 Å². The summed E-state index contributed by atoms with van der Waals surface area (Å²) in [5.74, 6) is 0.213. The van der Waals surface area contributed by atoms with Crippen LogP contribution in [0.1, 0.15) is 41.0 Å². The molecule has 0 heterocycles. The summed E-state index contributed by atoms with van der Waals surface area (Å²) in [7, 11) is 0. The lowest BCUT2D eigenvalue weighted by molar-refractivity contribution is 0.0951. The molecular weight excluding hydrogens is 442 g/mol. The molecule has 0 saturated carbocycles. The third-order valence-electron chi connectivity index (χ3n) is 3.66. The molecule has 2 aromatic carbocycles. The van der Waals surface area contributed by atoms with Crippen LogP contribution in [0.25, 0.3) is 0 Å². The number of anilines is 1. The largest absolute Gasteiger partial charge is 0.493 e. The number of hydrogen-bond acceptors (Lipinski definition) is 4. The standard InChI is InChI=1S/C20H22BrN3O3S/c1-3-11-22-18(25)13-5-8-15(9-6-13)23-20(28)24-19(26)14-7-10-17(27-4-2)16(21)12-14/h5-10,12H,3-4,11H2,1-2H3,(H,22,25)(H2,23,24,26,28). The monoisotopic (exact) mass is 463 g/mol. The van der Waals surface area contributed by atoms with Crippen molar-refractivity contribution >= 4 is 50.8 Å². The minimum Gasteiger partial charge on any atom is -0.493 e. The van der Waals surface area contributed by atoms with Crippen molar-refractivity contribution in [3.63, 3.8) is 0 Å². The van der Waals surface area contributed by atoms with E-state index in [2.05, 4.69) is 31.9 Å². The second-order valence-corrected chi connectivity index (χ2v) is 7.08. The average molecular weight is 464 g/mol. The molecule has 148 valence electrons. The first-order valence-corrected chi connectivity index (χ1v) is 10.1. The molecule has 0 aliphatic carbocycles. The first kappa shape index (κ1) is 21.8.